The summed E-state index contributed by atoms with van der Waals surface area (Å²) in [5.41, 5.74) is 0. The molecule has 2 aromatic carbocycles. The van der Waals surface area contributed by atoms with Gasteiger partial charge < -0.3 is 9.84 Å². The lowest BCUT2D eigenvalue weighted by Crippen LogP contribution is -2.01. The molecule has 2 aromatic rings. The van der Waals surface area contributed by atoms with Crippen LogP contribution in [0.1, 0.15) is 6.92 Å². The van der Waals surface area contributed by atoms with Gasteiger partial charge in [0.25, 0.3) is 0 Å². The lowest BCUT2D eigenvalue weighted by atomic mass is 10.1. The molecule has 2 rings (SSSR count). The molecule has 0 aromatic heterocycles. The minimum Gasteiger partial charge on any atom is -0.497 e. The van der Waals surface area contributed by atoms with Crippen molar-refractivity contribution in [1.29, 1.82) is 0 Å². The molecule has 1 unspecified atom stereocenters. The Morgan fingerprint density at radius 1 is 1.18 bits per heavy atom. The van der Waals surface area contributed by atoms with Crippen LogP contribution in [0.15, 0.2) is 41.3 Å². The average Bonchev–Trinajstić information content (AvgIpc) is 2.38. The summed E-state index contributed by atoms with van der Waals surface area (Å²) in [6.45, 7) is 2.22. The van der Waals surface area contributed by atoms with Gasteiger partial charge in [-0.15, -0.1) is 11.8 Å². The molecule has 0 saturated carbocycles. The second-order valence-corrected chi connectivity index (χ2v) is 5.50. The standard InChI is InChI=1S/C14H16O2S/c1-10(9-15)17-14-6-4-11-7-13(16-2)5-3-12(11)8-14/h3-8,10,15H,9H2,1-2H3. The fourth-order valence-electron chi connectivity index (χ4n) is 1.67. The van der Waals surface area contributed by atoms with Crippen LogP contribution in [0.2, 0.25) is 0 Å². The Bertz CT molecular complexity index is 511. The van der Waals surface area contributed by atoms with Gasteiger partial charge in [-0.05, 0) is 35.0 Å². The van der Waals surface area contributed by atoms with E-state index in [2.05, 4.69) is 24.3 Å². The predicted octanol–water partition coefficient (Wildman–Crippen LogP) is 3.32. The molecule has 0 saturated heterocycles. The molecule has 3 heteroatoms. The molecule has 1 N–H and O–H groups in total. The third kappa shape index (κ3) is 2.93. The van der Waals surface area contributed by atoms with E-state index in [1.165, 1.54) is 15.7 Å². The van der Waals surface area contributed by atoms with E-state index in [1.807, 2.05) is 19.1 Å². The van der Waals surface area contributed by atoms with Crippen LogP contribution < -0.4 is 4.74 Å². The highest BCUT2D eigenvalue weighted by Gasteiger charge is 2.04. The normalized spacial score (nSPS) is 12.6. The number of hydrogen-bond acceptors (Lipinski definition) is 3. The van der Waals surface area contributed by atoms with Crippen molar-refractivity contribution in [2.75, 3.05) is 13.7 Å². The van der Waals surface area contributed by atoms with E-state index in [-0.39, 0.29) is 11.9 Å². The van der Waals surface area contributed by atoms with Crippen LogP contribution in [0.4, 0.5) is 0 Å². The Hall–Kier alpha value is -1.19. The monoisotopic (exact) mass is 248 g/mol. The first kappa shape index (κ1) is 12.3. The van der Waals surface area contributed by atoms with Crippen LogP contribution in [0, 0.1) is 0 Å². The summed E-state index contributed by atoms with van der Waals surface area (Å²) < 4.78 is 5.20. The van der Waals surface area contributed by atoms with Gasteiger partial charge in [-0.1, -0.05) is 19.1 Å². The summed E-state index contributed by atoms with van der Waals surface area (Å²) in [6, 6.07) is 12.4. The third-order valence-electron chi connectivity index (χ3n) is 2.61. The Morgan fingerprint density at radius 3 is 2.59 bits per heavy atom. The average molecular weight is 248 g/mol. The van der Waals surface area contributed by atoms with Gasteiger partial charge in [-0.2, -0.15) is 0 Å². The van der Waals surface area contributed by atoms with E-state index in [0.29, 0.717) is 0 Å². The fraction of sp³-hybridized carbons (Fsp3) is 0.286. The number of ether oxygens (including phenoxy) is 1. The summed E-state index contributed by atoms with van der Waals surface area (Å²) in [4.78, 5) is 1.18. The van der Waals surface area contributed by atoms with Gasteiger partial charge in [0.05, 0.1) is 13.7 Å². The number of hydrogen-bond donors (Lipinski definition) is 1. The molecule has 0 bridgehead atoms. The Balaban J connectivity index is 2.31. The largest absolute Gasteiger partial charge is 0.497 e. The van der Waals surface area contributed by atoms with Crippen molar-refractivity contribution in [2.24, 2.45) is 0 Å². The summed E-state index contributed by atoms with van der Waals surface area (Å²) >= 11 is 1.69. The summed E-state index contributed by atoms with van der Waals surface area (Å²) in [5, 5.41) is 11.6. The maximum Gasteiger partial charge on any atom is 0.119 e. The van der Waals surface area contributed by atoms with Gasteiger partial charge in [-0.25, -0.2) is 0 Å². The Morgan fingerprint density at radius 2 is 1.88 bits per heavy atom. The van der Waals surface area contributed by atoms with E-state index in [0.717, 1.165) is 5.75 Å². The van der Waals surface area contributed by atoms with Crippen molar-refractivity contribution in [3.8, 4) is 5.75 Å². The molecule has 0 aliphatic heterocycles. The zero-order valence-corrected chi connectivity index (χ0v) is 10.8. The highest BCUT2D eigenvalue weighted by molar-refractivity contribution is 8.00. The quantitative estimate of drug-likeness (QED) is 0.842. The molecule has 1 atom stereocenters. The van der Waals surface area contributed by atoms with Crippen LogP contribution in [0.3, 0.4) is 0 Å². The second kappa shape index (κ2) is 5.43. The van der Waals surface area contributed by atoms with E-state index >= 15 is 0 Å². The topological polar surface area (TPSA) is 29.5 Å². The molecule has 0 amide bonds. The number of aliphatic hydroxyl groups is 1. The predicted molar refractivity (Wildman–Crippen MR) is 72.9 cm³/mol. The van der Waals surface area contributed by atoms with Gasteiger partial charge in [0.2, 0.25) is 0 Å². The van der Waals surface area contributed by atoms with Crippen LogP contribution in [0.5, 0.6) is 5.75 Å². The first-order chi connectivity index (χ1) is 8.22. The number of thioether (sulfide) groups is 1. The molecule has 0 spiro atoms. The van der Waals surface area contributed by atoms with Gasteiger partial charge in [-0.3, -0.25) is 0 Å². The second-order valence-electron chi connectivity index (χ2n) is 3.99. The lowest BCUT2D eigenvalue weighted by Gasteiger charge is -2.09. The maximum atomic E-state index is 9.04. The maximum absolute atomic E-state index is 9.04. The van der Waals surface area contributed by atoms with Gasteiger partial charge in [0.15, 0.2) is 0 Å². The molecular weight excluding hydrogens is 232 g/mol. The van der Waals surface area contributed by atoms with E-state index in [1.54, 1.807) is 18.9 Å². The highest BCUT2D eigenvalue weighted by Crippen LogP contribution is 2.28. The van der Waals surface area contributed by atoms with Crippen LogP contribution in [0.25, 0.3) is 10.8 Å². The number of benzene rings is 2. The SMILES string of the molecule is COc1ccc2cc(SC(C)CO)ccc2c1. The van der Waals surface area contributed by atoms with Crippen molar-refractivity contribution in [3.63, 3.8) is 0 Å². The number of rotatable bonds is 4. The Labute approximate surface area is 106 Å². The molecule has 90 valence electrons. The van der Waals surface area contributed by atoms with Gasteiger partial charge in [0.1, 0.15) is 5.75 Å². The summed E-state index contributed by atoms with van der Waals surface area (Å²) in [6.07, 6.45) is 0. The number of fused-ring (bicyclic) bond motifs is 1. The molecule has 0 radical (unpaired) electrons. The zero-order valence-electron chi connectivity index (χ0n) is 10.0. The Kier molecular flexibility index (Phi) is 3.92. The zero-order chi connectivity index (χ0) is 12.3. The van der Waals surface area contributed by atoms with E-state index in [4.69, 9.17) is 9.84 Å². The fourth-order valence-corrected chi connectivity index (χ4v) is 2.55. The smallest absolute Gasteiger partial charge is 0.119 e. The highest BCUT2D eigenvalue weighted by atomic mass is 32.2. The van der Waals surface area contributed by atoms with Crippen molar-refractivity contribution in [1.82, 2.24) is 0 Å². The lowest BCUT2D eigenvalue weighted by molar-refractivity contribution is 0.300. The van der Waals surface area contributed by atoms with E-state index < -0.39 is 0 Å². The van der Waals surface area contributed by atoms with Crippen molar-refractivity contribution >= 4 is 22.5 Å². The van der Waals surface area contributed by atoms with Crippen LogP contribution in [-0.2, 0) is 0 Å². The van der Waals surface area contributed by atoms with Gasteiger partial charge >= 0.3 is 0 Å². The molecule has 0 heterocycles. The molecule has 0 aliphatic carbocycles. The third-order valence-corrected chi connectivity index (χ3v) is 3.69. The molecule has 0 fully saturated rings. The molecule has 2 nitrogen and oxygen atoms in total. The van der Waals surface area contributed by atoms with E-state index in [9.17, 15) is 0 Å². The van der Waals surface area contributed by atoms with Crippen molar-refractivity contribution < 1.29 is 9.84 Å². The molecule has 17 heavy (non-hydrogen) atoms. The number of methoxy groups -OCH3 is 1. The minimum atomic E-state index is 0.200. The molecule has 0 aliphatic rings. The van der Waals surface area contributed by atoms with Crippen molar-refractivity contribution in [2.45, 2.75) is 17.1 Å². The first-order valence-corrected chi connectivity index (χ1v) is 6.46. The summed E-state index contributed by atoms with van der Waals surface area (Å²) in [5.74, 6) is 0.877. The minimum absolute atomic E-state index is 0.200. The first-order valence-electron chi connectivity index (χ1n) is 5.58. The molecular formula is C14H16O2S. The van der Waals surface area contributed by atoms with Crippen LogP contribution in [-0.4, -0.2) is 24.1 Å². The van der Waals surface area contributed by atoms with Crippen LogP contribution >= 0.6 is 11.8 Å². The van der Waals surface area contributed by atoms with Gasteiger partial charge in [0, 0.05) is 10.1 Å². The van der Waals surface area contributed by atoms with Crippen molar-refractivity contribution in [3.05, 3.63) is 36.4 Å². The number of aliphatic hydroxyl groups excluding tert-OH is 1. The summed E-state index contributed by atoms with van der Waals surface area (Å²) in [7, 11) is 1.67.